The third-order valence-corrected chi connectivity index (χ3v) is 5.67. The molecule has 3 heterocycles. The highest BCUT2D eigenvalue weighted by Crippen LogP contribution is 2.54. The van der Waals surface area contributed by atoms with E-state index in [1.54, 1.807) is 15.9 Å². The number of alkyl halides is 3. The summed E-state index contributed by atoms with van der Waals surface area (Å²) < 4.78 is 40.4. The van der Waals surface area contributed by atoms with Crippen LogP contribution in [0.1, 0.15) is 24.0 Å². The largest absolute Gasteiger partial charge is 0.481 e. The Labute approximate surface area is 147 Å². The molecule has 0 spiro atoms. The Balaban J connectivity index is 1.64. The van der Waals surface area contributed by atoms with Gasteiger partial charge in [0.15, 0.2) is 0 Å². The summed E-state index contributed by atoms with van der Waals surface area (Å²) in [5, 5.41) is 18.2. The minimum atomic E-state index is -4.63. The first kappa shape index (κ1) is 16.9. The summed E-state index contributed by atoms with van der Waals surface area (Å²) in [6.45, 7) is 2.21. The van der Waals surface area contributed by atoms with Crippen LogP contribution in [0.3, 0.4) is 0 Å². The number of piperidine rings is 1. The molecule has 2 saturated heterocycles. The lowest BCUT2D eigenvalue weighted by Gasteiger charge is -2.34. The van der Waals surface area contributed by atoms with Crippen molar-refractivity contribution in [1.29, 1.82) is 5.26 Å². The summed E-state index contributed by atoms with van der Waals surface area (Å²) in [5.41, 5.74) is -1.37. The third kappa shape index (κ3) is 2.73. The number of pyridine rings is 1. The van der Waals surface area contributed by atoms with Crippen LogP contribution in [-0.4, -0.2) is 42.2 Å². The van der Waals surface area contributed by atoms with Gasteiger partial charge in [-0.3, -0.25) is 4.79 Å². The van der Waals surface area contributed by atoms with Gasteiger partial charge >= 0.3 is 12.1 Å². The van der Waals surface area contributed by atoms with E-state index in [4.69, 9.17) is 5.11 Å². The molecule has 4 rings (SSSR count). The van der Waals surface area contributed by atoms with E-state index in [-0.39, 0.29) is 35.8 Å². The van der Waals surface area contributed by atoms with Gasteiger partial charge in [-0.1, -0.05) is 0 Å². The van der Waals surface area contributed by atoms with Crippen molar-refractivity contribution in [2.24, 2.45) is 17.8 Å². The van der Waals surface area contributed by atoms with Gasteiger partial charge in [0.1, 0.15) is 23.3 Å². The minimum absolute atomic E-state index is 0.103. The van der Waals surface area contributed by atoms with Crippen molar-refractivity contribution in [1.82, 2.24) is 4.98 Å². The normalized spacial score (nSPS) is 26.9. The Morgan fingerprint density at radius 1 is 1.31 bits per heavy atom. The van der Waals surface area contributed by atoms with Crippen molar-refractivity contribution >= 4 is 17.6 Å². The third-order valence-electron chi connectivity index (χ3n) is 5.67. The molecule has 3 aliphatic rings. The fraction of sp³-hybridized carbons (Fsp3) is 0.588. The molecule has 0 radical (unpaired) electrons. The first-order chi connectivity index (χ1) is 12.3. The number of nitriles is 1. The van der Waals surface area contributed by atoms with E-state index in [1.165, 1.54) is 0 Å². The molecule has 26 heavy (non-hydrogen) atoms. The fourth-order valence-corrected chi connectivity index (χ4v) is 4.11. The summed E-state index contributed by atoms with van der Waals surface area (Å²) in [7, 11) is 0. The molecule has 0 aromatic carbocycles. The van der Waals surface area contributed by atoms with Crippen LogP contribution in [0.15, 0.2) is 6.07 Å². The maximum atomic E-state index is 13.5. The van der Waals surface area contributed by atoms with Gasteiger partial charge in [-0.05, 0) is 30.2 Å². The van der Waals surface area contributed by atoms with E-state index in [2.05, 4.69) is 4.98 Å². The number of aromatic nitrogens is 1. The second kappa shape index (κ2) is 5.76. The van der Waals surface area contributed by atoms with Crippen LogP contribution >= 0.6 is 0 Å². The van der Waals surface area contributed by atoms with E-state index >= 15 is 0 Å². The van der Waals surface area contributed by atoms with E-state index in [9.17, 15) is 23.2 Å². The molecule has 1 N–H and O–H groups in total. The van der Waals surface area contributed by atoms with Crippen molar-refractivity contribution in [3.05, 3.63) is 17.2 Å². The van der Waals surface area contributed by atoms with Gasteiger partial charge in [-0.2, -0.15) is 18.4 Å². The first-order valence-electron chi connectivity index (χ1n) is 8.53. The zero-order valence-electron chi connectivity index (χ0n) is 13.8. The molecule has 138 valence electrons. The van der Waals surface area contributed by atoms with Crippen LogP contribution in [-0.2, 0) is 11.0 Å². The van der Waals surface area contributed by atoms with E-state index in [0.717, 1.165) is 12.5 Å². The Bertz CT molecular complexity index is 788. The fourth-order valence-electron chi connectivity index (χ4n) is 4.11. The van der Waals surface area contributed by atoms with Crippen molar-refractivity contribution in [3.63, 3.8) is 0 Å². The highest BCUT2D eigenvalue weighted by Gasteiger charge is 2.56. The van der Waals surface area contributed by atoms with Crippen molar-refractivity contribution in [2.45, 2.75) is 19.0 Å². The van der Waals surface area contributed by atoms with Gasteiger partial charge in [0, 0.05) is 32.6 Å². The standard InChI is InChI=1S/C17H17F3N4O2/c18-17(19,20)13-5-14(22-16(10(13)6-21)23-2-1-3-23)24-7-11-9(4-15(25)26)12(11)8-24/h5,9,11-12H,1-4,7-8H2,(H,25,26)/t9?,11-,12+. The molecule has 1 aromatic rings. The monoisotopic (exact) mass is 366 g/mol. The number of carbonyl (C=O) groups is 1. The summed E-state index contributed by atoms with van der Waals surface area (Å²) in [4.78, 5) is 18.7. The van der Waals surface area contributed by atoms with Gasteiger partial charge < -0.3 is 14.9 Å². The Kier molecular flexibility index (Phi) is 3.75. The molecule has 1 aromatic heterocycles. The number of carboxylic acid groups (broad SMARTS) is 1. The Hall–Kier alpha value is -2.50. The zero-order valence-corrected chi connectivity index (χ0v) is 13.8. The summed E-state index contributed by atoms with van der Waals surface area (Å²) in [5.74, 6) is -0.00708. The van der Waals surface area contributed by atoms with Crippen LogP contribution in [0, 0.1) is 29.1 Å². The highest BCUT2D eigenvalue weighted by atomic mass is 19.4. The molecule has 1 unspecified atom stereocenters. The second-order valence-corrected chi connectivity index (χ2v) is 7.17. The molecule has 1 aliphatic carbocycles. The maximum absolute atomic E-state index is 13.5. The molecule has 3 fully saturated rings. The smallest absolute Gasteiger partial charge is 0.417 e. The number of hydrogen-bond donors (Lipinski definition) is 1. The number of nitrogens with zero attached hydrogens (tertiary/aromatic N) is 4. The summed E-state index contributed by atoms with van der Waals surface area (Å²) >= 11 is 0. The molecule has 2 aliphatic heterocycles. The number of halogens is 3. The highest BCUT2D eigenvalue weighted by molar-refractivity contribution is 5.68. The number of carboxylic acids is 1. The molecular formula is C17H17F3N4O2. The topological polar surface area (TPSA) is 80.5 Å². The van der Waals surface area contributed by atoms with Crippen LogP contribution in [0.2, 0.25) is 0 Å². The SMILES string of the molecule is N#Cc1c(C(F)(F)F)cc(N2C[C@@H]3C(CC(=O)O)[C@@H]3C2)nc1N1CCC1. The lowest BCUT2D eigenvalue weighted by molar-refractivity contribution is -0.138. The van der Waals surface area contributed by atoms with E-state index in [0.29, 0.717) is 26.2 Å². The molecule has 0 bridgehead atoms. The summed E-state index contributed by atoms with van der Waals surface area (Å²) in [6, 6.07) is 2.63. The van der Waals surface area contributed by atoms with Gasteiger partial charge in [0.25, 0.3) is 0 Å². The number of anilines is 2. The Morgan fingerprint density at radius 2 is 1.96 bits per heavy atom. The molecule has 0 amide bonds. The van der Waals surface area contributed by atoms with Crippen LogP contribution in [0.25, 0.3) is 0 Å². The predicted octanol–water partition coefficient (Wildman–Crippen LogP) is 2.34. The maximum Gasteiger partial charge on any atom is 0.417 e. The second-order valence-electron chi connectivity index (χ2n) is 7.17. The van der Waals surface area contributed by atoms with Crippen LogP contribution in [0.4, 0.5) is 24.8 Å². The summed E-state index contributed by atoms with van der Waals surface area (Å²) in [6.07, 6.45) is -3.66. The van der Waals surface area contributed by atoms with Gasteiger partial charge in [0.2, 0.25) is 0 Å². The van der Waals surface area contributed by atoms with Crippen molar-refractivity contribution in [2.75, 3.05) is 36.0 Å². The quantitative estimate of drug-likeness (QED) is 0.881. The molecule has 9 heteroatoms. The minimum Gasteiger partial charge on any atom is -0.481 e. The average molecular weight is 366 g/mol. The molecule has 6 nitrogen and oxygen atoms in total. The van der Waals surface area contributed by atoms with Crippen molar-refractivity contribution < 1.29 is 23.1 Å². The predicted molar refractivity (Wildman–Crippen MR) is 85.7 cm³/mol. The molecule has 3 atom stereocenters. The van der Waals surface area contributed by atoms with E-state index in [1.807, 2.05) is 0 Å². The zero-order chi connectivity index (χ0) is 18.6. The molecular weight excluding hydrogens is 349 g/mol. The van der Waals surface area contributed by atoms with Gasteiger partial charge in [-0.15, -0.1) is 0 Å². The lowest BCUT2D eigenvalue weighted by Crippen LogP contribution is -2.39. The number of fused-ring (bicyclic) bond motifs is 1. The number of rotatable bonds is 4. The van der Waals surface area contributed by atoms with Gasteiger partial charge in [0.05, 0.1) is 5.56 Å². The Morgan fingerprint density at radius 3 is 2.42 bits per heavy atom. The van der Waals surface area contributed by atoms with Gasteiger partial charge in [-0.25, -0.2) is 4.98 Å². The number of aliphatic carboxylic acids is 1. The van der Waals surface area contributed by atoms with Crippen LogP contribution < -0.4 is 9.80 Å². The van der Waals surface area contributed by atoms with Crippen LogP contribution in [0.5, 0.6) is 0 Å². The number of hydrogen-bond acceptors (Lipinski definition) is 5. The lowest BCUT2D eigenvalue weighted by atomic mass is 10.1. The average Bonchev–Trinajstić information content (AvgIpc) is 2.94. The first-order valence-corrected chi connectivity index (χ1v) is 8.53. The van der Waals surface area contributed by atoms with E-state index < -0.39 is 23.3 Å². The van der Waals surface area contributed by atoms with Crippen molar-refractivity contribution in [3.8, 4) is 6.07 Å². The molecule has 1 saturated carbocycles.